The normalized spacial score (nSPS) is 15.2. The van der Waals surface area contributed by atoms with Crippen LogP contribution in [0.2, 0.25) is 0 Å². The van der Waals surface area contributed by atoms with Crippen LogP contribution in [0, 0.1) is 0 Å². The zero-order chi connectivity index (χ0) is 24.9. The number of thiophene rings is 1. The summed E-state index contributed by atoms with van der Waals surface area (Å²) >= 11 is 1.33. The van der Waals surface area contributed by atoms with Crippen LogP contribution in [0.5, 0.6) is 5.75 Å². The molecule has 0 bridgehead atoms. The van der Waals surface area contributed by atoms with E-state index in [1.807, 2.05) is 26.8 Å². The largest absolute Gasteiger partial charge is 0.573 e. The topological polar surface area (TPSA) is 71.1 Å². The molecular weight excluding hydrogens is 471 g/mol. The second kappa shape index (κ2) is 10.6. The van der Waals surface area contributed by atoms with Gasteiger partial charge in [-0.25, -0.2) is 4.79 Å². The number of hydrogen-bond acceptors (Lipinski definition) is 6. The number of alkyl halides is 3. The van der Waals surface area contributed by atoms with Crippen LogP contribution < -0.4 is 10.1 Å². The van der Waals surface area contributed by atoms with E-state index >= 15 is 0 Å². The number of benzene rings is 1. The molecule has 1 saturated heterocycles. The molecule has 1 aromatic carbocycles. The monoisotopic (exact) mass is 499 g/mol. The summed E-state index contributed by atoms with van der Waals surface area (Å²) in [5.41, 5.74) is -0.303. The summed E-state index contributed by atoms with van der Waals surface area (Å²) in [5, 5.41) is 2.65. The van der Waals surface area contributed by atoms with E-state index in [9.17, 15) is 22.8 Å². The fraction of sp³-hybridized carbons (Fsp3) is 0.478. The lowest BCUT2D eigenvalue weighted by Gasteiger charge is -2.35. The fourth-order valence-corrected chi connectivity index (χ4v) is 4.32. The first kappa shape index (κ1) is 25.8. The number of nitrogens with zero attached hydrogens (tertiary/aromatic N) is 2. The van der Waals surface area contributed by atoms with Gasteiger partial charge in [0.2, 0.25) is 0 Å². The summed E-state index contributed by atoms with van der Waals surface area (Å²) in [6.45, 7) is 8.55. The van der Waals surface area contributed by atoms with Gasteiger partial charge in [0, 0.05) is 49.7 Å². The maximum Gasteiger partial charge on any atom is 0.573 e. The van der Waals surface area contributed by atoms with Gasteiger partial charge in [-0.3, -0.25) is 9.69 Å². The van der Waals surface area contributed by atoms with Gasteiger partial charge in [-0.05, 0) is 39.0 Å². The first-order valence-electron chi connectivity index (χ1n) is 10.8. The number of amides is 2. The minimum atomic E-state index is -4.80. The van der Waals surface area contributed by atoms with Crippen LogP contribution in [0.25, 0.3) is 0 Å². The van der Waals surface area contributed by atoms with Crippen molar-refractivity contribution in [3.8, 4) is 5.75 Å². The Morgan fingerprint density at radius 2 is 1.71 bits per heavy atom. The molecule has 7 nitrogen and oxygen atoms in total. The fourth-order valence-electron chi connectivity index (χ4n) is 3.36. The Balaban J connectivity index is 1.49. The number of carbonyl (C=O) groups is 2. The number of nitrogens with one attached hydrogen (secondary N) is 1. The minimum Gasteiger partial charge on any atom is -0.444 e. The average Bonchev–Trinajstić information content (AvgIpc) is 3.19. The van der Waals surface area contributed by atoms with Gasteiger partial charge in [-0.1, -0.05) is 18.2 Å². The molecule has 0 radical (unpaired) electrons. The van der Waals surface area contributed by atoms with Gasteiger partial charge in [0.05, 0.1) is 4.88 Å². The van der Waals surface area contributed by atoms with E-state index < -0.39 is 12.0 Å². The second-order valence-electron chi connectivity index (χ2n) is 8.85. The molecule has 186 valence electrons. The Bertz CT molecular complexity index is 996. The number of carbonyl (C=O) groups excluding carboxylic acids is 2. The molecule has 11 heteroatoms. The number of hydrogen-bond donors (Lipinski definition) is 1. The van der Waals surface area contributed by atoms with Crippen LogP contribution in [0.15, 0.2) is 36.4 Å². The summed E-state index contributed by atoms with van der Waals surface area (Å²) in [6.07, 6.45) is -5.12. The summed E-state index contributed by atoms with van der Waals surface area (Å²) in [5.74, 6) is -0.708. The van der Waals surface area contributed by atoms with Crippen molar-refractivity contribution >= 4 is 23.3 Å². The highest BCUT2D eigenvalue weighted by molar-refractivity contribution is 7.14. The molecule has 34 heavy (non-hydrogen) atoms. The number of ether oxygens (including phenoxy) is 2. The molecule has 3 rings (SSSR count). The lowest BCUT2D eigenvalue weighted by atomic mass is 10.2. The average molecular weight is 500 g/mol. The van der Waals surface area contributed by atoms with Crippen molar-refractivity contribution in [2.24, 2.45) is 0 Å². The Morgan fingerprint density at radius 3 is 2.35 bits per heavy atom. The Morgan fingerprint density at radius 1 is 1.03 bits per heavy atom. The number of rotatable bonds is 6. The number of halogens is 3. The molecule has 0 aliphatic carbocycles. The van der Waals surface area contributed by atoms with E-state index in [-0.39, 0.29) is 29.9 Å². The zero-order valence-corrected chi connectivity index (χ0v) is 20.1. The number of para-hydroxylation sites is 1. The molecular formula is C23H28F3N3O4S. The summed E-state index contributed by atoms with van der Waals surface area (Å²) in [4.78, 5) is 30.0. The van der Waals surface area contributed by atoms with E-state index in [1.54, 1.807) is 17.0 Å². The molecule has 1 aliphatic heterocycles. The molecule has 2 heterocycles. The highest BCUT2D eigenvalue weighted by atomic mass is 32.1. The van der Waals surface area contributed by atoms with E-state index in [0.29, 0.717) is 37.6 Å². The van der Waals surface area contributed by atoms with Gasteiger partial charge in [0.1, 0.15) is 11.4 Å². The lowest BCUT2D eigenvalue weighted by Crippen LogP contribution is -2.49. The number of piperazine rings is 1. The Hall–Kier alpha value is -2.79. The summed E-state index contributed by atoms with van der Waals surface area (Å²) in [7, 11) is 0. The summed E-state index contributed by atoms with van der Waals surface area (Å²) in [6, 6.07) is 9.26. The van der Waals surface area contributed by atoms with Gasteiger partial charge < -0.3 is 19.7 Å². The molecule has 0 unspecified atom stereocenters. The van der Waals surface area contributed by atoms with Crippen LogP contribution in [0.3, 0.4) is 0 Å². The predicted octanol–water partition coefficient (Wildman–Crippen LogP) is 4.63. The first-order chi connectivity index (χ1) is 15.9. The zero-order valence-electron chi connectivity index (χ0n) is 19.3. The maximum atomic E-state index is 12.6. The minimum absolute atomic E-state index is 0.0923. The van der Waals surface area contributed by atoms with Crippen molar-refractivity contribution in [3.05, 3.63) is 51.7 Å². The van der Waals surface area contributed by atoms with Crippen molar-refractivity contribution in [3.63, 3.8) is 0 Å². The van der Waals surface area contributed by atoms with Crippen LogP contribution >= 0.6 is 11.3 Å². The Labute approximate surface area is 200 Å². The first-order valence-corrected chi connectivity index (χ1v) is 11.6. The van der Waals surface area contributed by atoms with Crippen LogP contribution in [0.4, 0.5) is 18.0 Å². The quantitative estimate of drug-likeness (QED) is 0.628. The van der Waals surface area contributed by atoms with Gasteiger partial charge in [0.15, 0.2) is 0 Å². The van der Waals surface area contributed by atoms with Crippen LogP contribution in [-0.4, -0.2) is 59.9 Å². The standard InChI is InChI=1S/C23H28F3N3O4S/c1-22(2,3)33-21(31)29-12-10-28(11-13-29)15-17-8-9-19(34-17)20(30)27-14-16-6-4-5-7-18(16)32-23(24,25)26/h4-9H,10-15H2,1-3H3,(H,27,30). The molecule has 0 spiro atoms. The molecule has 1 aromatic heterocycles. The van der Waals surface area contributed by atoms with E-state index in [1.165, 1.54) is 29.5 Å². The smallest absolute Gasteiger partial charge is 0.444 e. The molecule has 2 aromatic rings. The van der Waals surface area contributed by atoms with Crippen molar-refractivity contribution in [2.75, 3.05) is 26.2 Å². The molecule has 1 aliphatic rings. The molecule has 1 N–H and O–H groups in total. The third-order valence-corrected chi connectivity index (χ3v) is 6.00. The van der Waals surface area contributed by atoms with Crippen LogP contribution in [-0.2, 0) is 17.8 Å². The van der Waals surface area contributed by atoms with Gasteiger partial charge in [-0.15, -0.1) is 24.5 Å². The van der Waals surface area contributed by atoms with Gasteiger partial charge in [-0.2, -0.15) is 0 Å². The van der Waals surface area contributed by atoms with E-state index in [4.69, 9.17) is 4.74 Å². The molecule has 1 fully saturated rings. The van der Waals surface area contributed by atoms with Gasteiger partial charge in [0.25, 0.3) is 5.91 Å². The molecule has 0 saturated carbocycles. The third-order valence-electron chi connectivity index (χ3n) is 4.93. The predicted molar refractivity (Wildman–Crippen MR) is 122 cm³/mol. The van der Waals surface area contributed by atoms with Crippen molar-refractivity contribution < 1.29 is 32.2 Å². The molecule has 0 atom stereocenters. The SMILES string of the molecule is CC(C)(C)OC(=O)N1CCN(Cc2ccc(C(=O)NCc3ccccc3OC(F)(F)F)s2)CC1. The lowest BCUT2D eigenvalue weighted by molar-refractivity contribution is -0.274. The van der Waals surface area contributed by atoms with Crippen molar-refractivity contribution in [2.45, 2.75) is 45.8 Å². The van der Waals surface area contributed by atoms with E-state index in [2.05, 4.69) is 15.0 Å². The second-order valence-corrected chi connectivity index (χ2v) is 10.0. The third kappa shape index (κ3) is 7.91. The molecule has 2 amide bonds. The summed E-state index contributed by atoms with van der Waals surface area (Å²) < 4.78 is 47.1. The maximum absolute atomic E-state index is 12.6. The highest BCUT2D eigenvalue weighted by Gasteiger charge is 2.32. The van der Waals surface area contributed by atoms with Gasteiger partial charge >= 0.3 is 12.5 Å². The van der Waals surface area contributed by atoms with Crippen LogP contribution in [0.1, 0.15) is 40.9 Å². The van der Waals surface area contributed by atoms with E-state index in [0.717, 1.165) is 4.88 Å². The highest BCUT2D eigenvalue weighted by Crippen LogP contribution is 2.26. The van der Waals surface area contributed by atoms with Crippen molar-refractivity contribution in [1.82, 2.24) is 15.1 Å². The van der Waals surface area contributed by atoms with Crippen molar-refractivity contribution in [1.29, 1.82) is 0 Å². The Kier molecular flexibility index (Phi) is 8.09.